The van der Waals surface area contributed by atoms with Crippen LogP contribution in [0.15, 0.2) is 0 Å². The molecule has 0 saturated carbocycles. The maximum Gasteiger partial charge on any atom is 0.265 e. The van der Waals surface area contributed by atoms with E-state index in [4.69, 9.17) is 10.9 Å². The lowest BCUT2D eigenvalue weighted by Gasteiger charge is -2.47. The molecule has 1 aliphatic rings. The molecular weight excluding hydrogens is 120 g/mol. The fourth-order valence-electron chi connectivity index (χ4n) is 0.784. The maximum atomic E-state index is 10.5. The standard InChI is InChI=1S/C5H10N2O2/c1-5(2)3(6)4(8)7(5)9/h3,9H,6H2,1-2H3/t3-/m1/s1. The van der Waals surface area contributed by atoms with Gasteiger partial charge in [-0.25, -0.2) is 5.06 Å². The summed E-state index contributed by atoms with van der Waals surface area (Å²) >= 11 is 0. The summed E-state index contributed by atoms with van der Waals surface area (Å²) < 4.78 is 0. The van der Waals surface area contributed by atoms with Gasteiger partial charge in [-0.2, -0.15) is 0 Å². The van der Waals surface area contributed by atoms with E-state index in [1.165, 1.54) is 0 Å². The third-order valence-electron chi connectivity index (χ3n) is 1.78. The van der Waals surface area contributed by atoms with Crippen LogP contribution >= 0.6 is 0 Å². The summed E-state index contributed by atoms with van der Waals surface area (Å²) in [5.41, 5.74) is 4.77. The molecule has 0 spiro atoms. The summed E-state index contributed by atoms with van der Waals surface area (Å²) in [6.45, 7) is 3.41. The van der Waals surface area contributed by atoms with Gasteiger partial charge in [0.1, 0.15) is 6.04 Å². The van der Waals surface area contributed by atoms with Crippen molar-refractivity contribution in [3.8, 4) is 0 Å². The molecule has 0 bridgehead atoms. The number of carbonyl (C=O) groups is 1. The molecule has 0 aromatic heterocycles. The van der Waals surface area contributed by atoms with Crippen LogP contribution in [0.2, 0.25) is 0 Å². The molecule has 0 aromatic rings. The molecule has 3 N–H and O–H groups in total. The first-order valence-corrected chi connectivity index (χ1v) is 2.76. The quantitative estimate of drug-likeness (QED) is 0.337. The minimum atomic E-state index is -0.572. The lowest BCUT2D eigenvalue weighted by molar-refractivity contribution is -0.228. The molecule has 1 saturated heterocycles. The Morgan fingerprint density at radius 1 is 1.78 bits per heavy atom. The van der Waals surface area contributed by atoms with Crippen LogP contribution in [-0.2, 0) is 4.79 Å². The summed E-state index contributed by atoms with van der Waals surface area (Å²) in [5.74, 6) is -0.403. The van der Waals surface area contributed by atoms with Gasteiger partial charge in [0.15, 0.2) is 0 Å². The zero-order valence-electron chi connectivity index (χ0n) is 5.46. The van der Waals surface area contributed by atoms with E-state index in [-0.39, 0.29) is 0 Å². The maximum absolute atomic E-state index is 10.5. The van der Waals surface area contributed by atoms with Crippen molar-refractivity contribution < 1.29 is 10.0 Å². The van der Waals surface area contributed by atoms with Gasteiger partial charge in [0.05, 0.1) is 5.54 Å². The number of hydroxylamine groups is 2. The van der Waals surface area contributed by atoms with Crippen molar-refractivity contribution in [1.29, 1.82) is 0 Å². The van der Waals surface area contributed by atoms with Crippen molar-refractivity contribution in [2.75, 3.05) is 0 Å². The molecular formula is C5H10N2O2. The molecule has 52 valence electrons. The van der Waals surface area contributed by atoms with Crippen LogP contribution in [0.1, 0.15) is 13.8 Å². The Morgan fingerprint density at radius 2 is 2.22 bits per heavy atom. The van der Waals surface area contributed by atoms with Crippen LogP contribution in [0.4, 0.5) is 0 Å². The fraction of sp³-hybridized carbons (Fsp3) is 0.800. The normalized spacial score (nSPS) is 32.2. The monoisotopic (exact) mass is 130 g/mol. The highest BCUT2D eigenvalue weighted by atomic mass is 16.5. The van der Waals surface area contributed by atoms with E-state index in [9.17, 15) is 4.79 Å². The van der Waals surface area contributed by atoms with E-state index >= 15 is 0 Å². The first-order chi connectivity index (χ1) is 3.98. The van der Waals surface area contributed by atoms with Gasteiger partial charge < -0.3 is 5.73 Å². The molecule has 0 aromatic carbocycles. The SMILES string of the molecule is CC1(C)[C@H](N)C(=O)N1O. The summed E-state index contributed by atoms with van der Waals surface area (Å²) in [6.07, 6.45) is 0. The van der Waals surface area contributed by atoms with Crippen molar-refractivity contribution in [1.82, 2.24) is 5.06 Å². The molecule has 1 atom stereocenters. The fourth-order valence-corrected chi connectivity index (χ4v) is 0.784. The molecule has 1 aliphatic heterocycles. The van der Waals surface area contributed by atoms with E-state index < -0.39 is 17.5 Å². The first-order valence-electron chi connectivity index (χ1n) is 2.76. The summed E-state index contributed by atoms with van der Waals surface area (Å²) in [7, 11) is 0. The summed E-state index contributed by atoms with van der Waals surface area (Å²) in [5, 5.41) is 9.48. The first kappa shape index (κ1) is 6.51. The van der Waals surface area contributed by atoms with Gasteiger partial charge in [0, 0.05) is 0 Å². The number of rotatable bonds is 0. The second-order valence-corrected chi connectivity index (χ2v) is 2.78. The van der Waals surface area contributed by atoms with Gasteiger partial charge in [0.2, 0.25) is 0 Å². The predicted molar refractivity (Wildman–Crippen MR) is 30.7 cm³/mol. The van der Waals surface area contributed by atoms with Gasteiger partial charge in [-0.05, 0) is 13.8 Å². The number of amides is 1. The molecule has 1 rings (SSSR count). The molecule has 9 heavy (non-hydrogen) atoms. The minimum absolute atomic E-state index is 0.403. The van der Waals surface area contributed by atoms with Crippen molar-refractivity contribution in [3.63, 3.8) is 0 Å². The molecule has 0 radical (unpaired) electrons. The number of nitrogens with two attached hydrogens (primary N) is 1. The topological polar surface area (TPSA) is 66.6 Å². The zero-order chi connectivity index (χ0) is 7.23. The number of hydrogen-bond donors (Lipinski definition) is 2. The highest BCUT2D eigenvalue weighted by Crippen LogP contribution is 2.26. The number of hydrogen-bond acceptors (Lipinski definition) is 3. The average molecular weight is 130 g/mol. The van der Waals surface area contributed by atoms with Crippen molar-refractivity contribution in [2.45, 2.75) is 25.4 Å². The van der Waals surface area contributed by atoms with E-state index in [1.807, 2.05) is 0 Å². The van der Waals surface area contributed by atoms with E-state index in [0.29, 0.717) is 5.06 Å². The molecule has 1 amide bonds. The van der Waals surface area contributed by atoms with E-state index in [2.05, 4.69) is 0 Å². The lowest BCUT2D eigenvalue weighted by Crippen LogP contribution is -2.73. The summed E-state index contributed by atoms with van der Waals surface area (Å²) in [6, 6.07) is -0.539. The van der Waals surface area contributed by atoms with Gasteiger partial charge in [0.25, 0.3) is 5.91 Å². The average Bonchev–Trinajstić information content (AvgIpc) is 1.84. The van der Waals surface area contributed by atoms with Crippen LogP contribution in [-0.4, -0.2) is 27.8 Å². The largest absolute Gasteiger partial charge is 0.318 e. The lowest BCUT2D eigenvalue weighted by atomic mass is 9.86. The minimum Gasteiger partial charge on any atom is -0.318 e. The van der Waals surface area contributed by atoms with Crippen LogP contribution in [0.5, 0.6) is 0 Å². The second kappa shape index (κ2) is 1.46. The van der Waals surface area contributed by atoms with Crippen LogP contribution in [0.3, 0.4) is 0 Å². The Kier molecular flexibility index (Phi) is 1.05. The Hall–Kier alpha value is -0.610. The predicted octanol–water partition coefficient (Wildman–Crippen LogP) is -0.676. The molecule has 0 unspecified atom stereocenters. The Labute approximate surface area is 53.2 Å². The smallest absolute Gasteiger partial charge is 0.265 e. The van der Waals surface area contributed by atoms with Crippen LogP contribution in [0.25, 0.3) is 0 Å². The second-order valence-electron chi connectivity index (χ2n) is 2.78. The molecule has 1 heterocycles. The van der Waals surface area contributed by atoms with Crippen LogP contribution in [0, 0.1) is 0 Å². The highest BCUT2D eigenvalue weighted by Gasteiger charge is 2.51. The molecule has 1 fully saturated rings. The Balaban J connectivity index is 2.73. The third kappa shape index (κ3) is 0.571. The van der Waals surface area contributed by atoms with Crippen molar-refractivity contribution >= 4 is 5.91 Å². The van der Waals surface area contributed by atoms with Gasteiger partial charge in [-0.3, -0.25) is 10.0 Å². The Bertz CT molecular complexity index is 141. The zero-order valence-corrected chi connectivity index (χ0v) is 5.46. The van der Waals surface area contributed by atoms with E-state index in [1.54, 1.807) is 13.8 Å². The number of nitrogens with zero attached hydrogens (tertiary/aromatic N) is 1. The molecule has 4 heteroatoms. The van der Waals surface area contributed by atoms with Crippen molar-refractivity contribution in [3.05, 3.63) is 0 Å². The van der Waals surface area contributed by atoms with Gasteiger partial charge in [-0.15, -0.1) is 0 Å². The van der Waals surface area contributed by atoms with Gasteiger partial charge >= 0.3 is 0 Å². The third-order valence-corrected chi connectivity index (χ3v) is 1.78. The molecule has 4 nitrogen and oxygen atoms in total. The summed E-state index contributed by atoms with van der Waals surface area (Å²) in [4.78, 5) is 10.5. The highest BCUT2D eigenvalue weighted by molar-refractivity contribution is 5.89. The number of β-lactam (4-membered cyclic amide) rings is 1. The molecule has 0 aliphatic carbocycles. The van der Waals surface area contributed by atoms with Gasteiger partial charge in [-0.1, -0.05) is 0 Å². The van der Waals surface area contributed by atoms with Crippen LogP contribution < -0.4 is 5.73 Å². The number of carbonyl (C=O) groups excluding carboxylic acids is 1. The Morgan fingerprint density at radius 3 is 2.33 bits per heavy atom. The van der Waals surface area contributed by atoms with E-state index in [0.717, 1.165) is 0 Å². The van der Waals surface area contributed by atoms with Crippen molar-refractivity contribution in [2.24, 2.45) is 5.73 Å².